The van der Waals surface area contributed by atoms with Crippen molar-refractivity contribution < 1.29 is 28.7 Å². The van der Waals surface area contributed by atoms with E-state index in [1.54, 1.807) is 24.3 Å². The highest BCUT2D eigenvalue weighted by atomic mass is 32.1. The largest absolute Gasteiger partial charge is 0.507 e. The zero-order chi connectivity index (χ0) is 25.6. The first-order valence-electron chi connectivity index (χ1n) is 10.5. The Bertz CT molecular complexity index is 1580. The van der Waals surface area contributed by atoms with Crippen molar-refractivity contribution in [1.29, 1.82) is 0 Å². The second kappa shape index (κ2) is 8.86. The molecule has 4 aromatic rings. The fraction of sp³-hybridized carbons (Fsp3) is 0.0800. The molecular formula is C25H16FN3O6S. The maximum absolute atomic E-state index is 13.8. The summed E-state index contributed by atoms with van der Waals surface area (Å²) in [6.45, 7) is 0. The molecule has 1 atom stereocenters. The van der Waals surface area contributed by atoms with Crippen molar-refractivity contribution in [3.63, 3.8) is 0 Å². The third-order valence-corrected chi connectivity index (χ3v) is 6.77. The Labute approximate surface area is 206 Å². The number of rotatable bonds is 5. The van der Waals surface area contributed by atoms with Crippen LogP contribution in [0.2, 0.25) is 0 Å². The number of anilines is 1. The van der Waals surface area contributed by atoms with E-state index in [0.717, 1.165) is 22.3 Å². The summed E-state index contributed by atoms with van der Waals surface area (Å²) in [4.78, 5) is 42.7. The van der Waals surface area contributed by atoms with Crippen LogP contribution in [-0.2, 0) is 9.59 Å². The van der Waals surface area contributed by atoms with Crippen molar-refractivity contribution in [3.05, 3.63) is 99.4 Å². The molecule has 11 heteroatoms. The number of nitro benzene ring substituents is 1. The van der Waals surface area contributed by atoms with Crippen LogP contribution in [0.4, 0.5) is 15.2 Å². The van der Waals surface area contributed by atoms with Crippen LogP contribution in [0.1, 0.15) is 17.2 Å². The van der Waals surface area contributed by atoms with Gasteiger partial charge in [0.15, 0.2) is 5.13 Å². The standard InChI is InChI=1S/C25H16FN3O6S/c1-35-17-8-5-13(6-9-17)21-20(22(30)14-3-2-4-16(11-14)29(33)34)23(31)24(32)28(21)25-27-18-10-7-15(26)12-19(18)36-25/h2-12,21,30H,1H3/b22-20+. The van der Waals surface area contributed by atoms with E-state index in [2.05, 4.69) is 4.98 Å². The van der Waals surface area contributed by atoms with E-state index >= 15 is 0 Å². The minimum atomic E-state index is -1.10. The fourth-order valence-electron chi connectivity index (χ4n) is 4.04. The smallest absolute Gasteiger partial charge is 0.301 e. The first-order valence-corrected chi connectivity index (χ1v) is 11.4. The molecule has 0 aliphatic carbocycles. The van der Waals surface area contributed by atoms with Crippen molar-refractivity contribution in [3.8, 4) is 5.75 Å². The predicted molar refractivity (Wildman–Crippen MR) is 130 cm³/mol. The van der Waals surface area contributed by atoms with E-state index < -0.39 is 34.2 Å². The van der Waals surface area contributed by atoms with Crippen molar-refractivity contribution >= 4 is 49.8 Å². The zero-order valence-corrected chi connectivity index (χ0v) is 19.4. The number of hydrogen-bond donors (Lipinski definition) is 1. The summed E-state index contributed by atoms with van der Waals surface area (Å²) >= 11 is 1.02. The number of carbonyl (C=O) groups is 2. The van der Waals surface area contributed by atoms with Gasteiger partial charge in [-0.3, -0.25) is 24.6 Å². The number of halogens is 1. The van der Waals surface area contributed by atoms with Crippen molar-refractivity contribution in [2.75, 3.05) is 12.0 Å². The number of nitrogens with zero attached hydrogens (tertiary/aromatic N) is 3. The molecule has 0 saturated carbocycles. The Morgan fingerprint density at radius 1 is 1.14 bits per heavy atom. The number of hydrogen-bond acceptors (Lipinski definition) is 8. The second-order valence-corrected chi connectivity index (χ2v) is 8.87. The number of benzene rings is 3. The number of aromatic nitrogens is 1. The van der Waals surface area contributed by atoms with Crippen LogP contribution in [0.5, 0.6) is 5.75 Å². The minimum Gasteiger partial charge on any atom is -0.507 e. The molecule has 1 aliphatic rings. The number of ketones is 1. The van der Waals surface area contributed by atoms with E-state index in [0.29, 0.717) is 21.5 Å². The first kappa shape index (κ1) is 23.1. The molecule has 1 saturated heterocycles. The molecule has 0 bridgehead atoms. The number of amides is 1. The van der Waals surface area contributed by atoms with Gasteiger partial charge in [-0.1, -0.05) is 35.6 Å². The molecule has 36 heavy (non-hydrogen) atoms. The Hall–Kier alpha value is -4.64. The van der Waals surface area contributed by atoms with E-state index in [9.17, 15) is 29.2 Å². The third kappa shape index (κ3) is 3.85. The number of methoxy groups -OCH3 is 1. The Morgan fingerprint density at radius 3 is 2.58 bits per heavy atom. The van der Waals surface area contributed by atoms with Gasteiger partial charge in [0.25, 0.3) is 11.5 Å². The van der Waals surface area contributed by atoms with Gasteiger partial charge in [-0.15, -0.1) is 0 Å². The molecule has 0 radical (unpaired) electrons. The van der Waals surface area contributed by atoms with Gasteiger partial charge in [0.2, 0.25) is 0 Å². The molecule has 1 unspecified atom stereocenters. The summed E-state index contributed by atoms with van der Waals surface area (Å²) in [7, 11) is 1.49. The lowest BCUT2D eigenvalue weighted by atomic mass is 9.95. The monoisotopic (exact) mass is 505 g/mol. The van der Waals surface area contributed by atoms with Crippen molar-refractivity contribution in [2.45, 2.75) is 6.04 Å². The van der Waals surface area contributed by atoms with Crippen LogP contribution in [0.25, 0.3) is 16.0 Å². The van der Waals surface area contributed by atoms with Crippen LogP contribution >= 0.6 is 11.3 Å². The van der Waals surface area contributed by atoms with Crippen molar-refractivity contribution in [2.24, 2.45) is 0 Å². The SMILES string of the molecule is COc1ccc(C2/C(=C(\O)c3cccc([N+](=O)[O-])c3)C(=O)C(=O)N2c2nc3ccc(F)cc3s2)cc1. The van der Waals surface area contributed by atoms with Crippen LogP contribution in [0, 0.1) is 15.9 Å². The molecule has 0 spiro atoms. The lowest BCUT2D eigenvalue weighted by Gasteiger charge is -2.23. The average molecular weight is 505 g/mol. The van der Waals surface area contributed by atoms with Crippen LogP contribution in [0.15, 0.2) is 72.3 Å². The van der Waals surface area contributed by atoms with E-state index in [-0.39, 0.29) is 22.0 Å². The van der Waals surface area contributed by atoms with Gasteiger partial charge >= 0.3 is 5.91 Å². The first-order chi connectivity index (χ1) is 17.3. The fourth-order valence-corrected chi connectivity index (χ4v) is 5.06. The average Bonchev–Trinajstić information content (AvgIpc) is 3.41. The van der Waals surface area contributed by atoms with Crippen LogP contribution in [-0.4, -0.2) is 33.8 Å². The summed E-state index contributed by atoms with van der Waals surface area (Å²) in [5.74, 6) is -2.43. The maximum atomic E-state index is 13.8. The topological polar surface area (TPSA) is 123 Å². The van der Waals surface area contributed by atoms with Gasteiger partial charge in [-0.2, -0.15) is 0 Å². The number of carbonyl (C=O) groups excluding carboxylic acids is 2. The number of Topliss-reactive ketones (excluding diaryl/α,β-unsaturated/α-hetero) is 1. The lowest BCUT2D eigenvalue weighted by Crippen LogP contribution is -2.29. The van der Waals surface area contributed by atoms with Gasteiger partial charge in [0.1, 0.15) is 17.3 Å². The number of aliphatic hydroxyl groups is 1. The number of fused-ring (bicyclic) bond motifs is 1. The molecule has 180 valence electrons. The quantitative estimate of drug-likeness (QED) is 0.133. The maximum Gasteiger partial charge on any atom is 0.301 e. The number of aliphatic hydroxyl groups excluding tert-OH is 1. The molecule has 1 N–H and O–H groups in total. The predicted octanol–water partition coefficient (Wildman–Crippen LogP) is 4.98. The van der Waals surface area contributed by atoms with Gasteiger partial charge in [-0.05, 0) is 35.9 Å². The molecule has 2 heterocycles. The summed E-state index contributed by atoms with van der Waals surface area (Å²) in [6.07, 6.45) is 0. The number of thiazole rings is 1. The van der Waals surface area contributed by atoms with Gasteiger partial charge in [0, 0.05) is 17.7 Å². The van der Waals surface area contributed by atoms with E-state index in [4.69, 9.17) is 4.74 Å². The Balaban J connectivity index is 1.72. The summed E-state index contributed by atoms with van der Waals surface area (Å²) in [6, 6.07) is 14.6. The number of nitro groups is 1. The summed E-state index contributed by atoms with van der Waals surface area (Å²) < 4.78 is 19.4. The second-order valence-electron chi connectivity index (χ2n) is 7.86. The Morgan fingerprint density at radius 2 is 1.89 bits per heavy atom. The zero-order valence-electron chi connectivity index (χ0n) is 18.5. The summed E-state index contributed by atoms with van der Waals surface area (Å²) in [5.41, 5.74) is 0.364. The molecular weight excluding hydrogens is 489 g/mol. The van der Waals surface area contributed by atoms with E-state index in [1.807, 2.05) is 0 Å². The molecule has 1 aromatic heterocycles. The number of non-ortho nitro benzene ring substituents is 1. The molecule has 9 nitrogen and oxygen atoms in total. The summed E-state index contributed by atoms with van der Waals surface area (Å²) in [5, 5.41) is 22.5. The van der Waals surface area contributed by atoms with E-state index in [1.165, 1.54) is 43.5 Å². The molecule has 3 aromatic carbocycles. The van der Waals surface area contributed by atoms with Crippen LogP contribution < -0.4 is 9.64 Å². The molecule has 1 aliphatic heterocycles. The highest BCUT2D eigenvalue weighted by molar-refractivity contribution is 7.22. The van der Waals surface area contributed by atoms with Gasteiger partial charge in [0.05, 0.1) is 33.9 Å². The highest BCUT2D eigenvalue weighted by Gasteiger charge is 2.48. The van der Waals surface area contributed by atoms with Crippen LogP contribution in [0.3, 0.4) is 0 Å². The highest BCUT2D eigenvalue weighted by Crippen LogP contribution is 2.44. The minimum absolute atomic E-state index is 0.00656. The Kier molecular flexibility index (Phi) is 5.69. The lowest BCUT2D eigenvalue weighted by molar-refractivity contribution is -0.384. The van der Waals surface area contributed by atoms with Gasteiger partial charge in [-0.25, -0.2) is 9.37 Å². The third-order valence-electron chi connectivity index (χ3n) is 5.75. The molecule has 5 rings (SSSR count). The normalized spacial score (nSPS) is 17.1. The van der Waals surface area contributed by atoms with Gasteiger partial charge < -0.3 is 9.84 Å². The molecule has 1 amide bonds. The van der Waals surface area contributed by atoms with Crippen molar-refractivity contribution in [1.82, 2.24) is 4.98 Å². The molecule has 1 fully saturated rings. The number of ether oxygens (including phenoxy) is 1.